The zero-order chi connectivity index (χ0) is 30.1. The van der Waals surface area contributed by atoms with E-state index in [1.54, 1.807) is 13.8 Å². The molecule has 228 valence electrons. The molecule has 15 heteroatoms. The van der Waals surface area contributed by atoms with Crippen molar-refractivity contribution in [2.45, 2.75) is 89.1 Å². The summed E-state index contributed by atoms with van der Waals surface area (Å²) in [4.78, 5) is 19.0. The van der Waals surface area contributed by atoms with Gasteiger partial charge in [-0.2, -0.15) is 18.3 Å². The molecule has 0 aromatic carbocycles. The zero-order valence-corrected chi connectivity index (χ0v) is 22.7. The Morgan fingerprint density at radius 2 is 1.95 bits per heavy atom. The molecule has 2 aliphatic rings. The maximum absolute atomic E-state index is 14.0. The van der Waals surface area contributed by atoms with Crippen LogP contribution in [0.1, 0.15) is 52.4 Å². The van der Waals surface area contributed by atoms with Gasteiger partial charge in [-0.3, -0.25) is 20.5 Å². The Bertz CT molecular complexity index is 940. The van der Waals surface area contributed by atoms with Crippen molar-refractivity contribution in [2.75, 3.05) is 13.6 Å². The third kappa shape index (κ3) is 10.6. The van der Waals surface area contributed by atoms with Crippen LogP contribution in [-0.2, 0) is 4.79 Å². The van der Waals surface area contributed by atoms with Crippen molar-refractivity contribution in [3.05, 3.63) is 24.2 Å². The van der Waals surface area contributed by atoms with E-state index in [0.29, 0.717) is 0 Å². The number of hydrazone groups is 1. The zero-order valence-electron chi connectivity index (χ0n) is 22.7. The first-order valence-corrected chi connectivity index (χ1v) is 13.1. The van der Waals surface area contributed by atoms with Gasteiger partial charge in [-0.1, -0.05) is 0 Å². The molecule has 8 nitrogen and oxygen atoms in total. The SMILES string of the molecule is CC(C)N=C(C=CN)C(=O)N[C@H](/C1=C/N/N=C\C(CCC(F)F)C(NCC(F)(F)F)N1C)C1CCC(F)(F)CC1. The lowest BCUT2D eigenvalue weighted by atomic mass is 9.80. The molecule has 2 rings (SSSR count). The molecular formula is C25H38F7N7O. The number of carbonyl (C=O) groups excluding carboxylic acids is 1. The van der Waals surface area contributed by atoms with Crippen LogP contribution in [0.2, 0.25) is 0 Å². The first-order chi connectivity index (χ1) is 18.6. The number of amides is 1. The topological polar surface area (TPSA) is 107 Å². The van der Waals surface area contributed by atoms with Gasteiger partial charge in [0, 0.05) is 50.7 Å². The maximum atomic E-state index is 14.0. The van der Waals surface area contributed by atoms with Crippen LogP contribution in [0.5, 0.6) is 0 Å². The molecule has 40 heavy (non-hydrogen) atoms. The van der Waals surface area contributed by atoms with E-state index in [-0.39, 0.29) is 36.7 Å². The van der Waals surface area contributed by atoms with Crippen molar-refractivity contribution < 1.29 is 35.5 Å². The van der Waals surface area contributed by atoms with Gasteiger partial charge in [0.25, 0.3) is 5.91 Å². The lowest BCUT2D eigenvalue weighted by Gasteiger charge is -2.43. The number of halogens is 7. The Morgan fingerprint density at radius 1 is 1.30 bits per heavy atom. The van der Waals surface area contributed by atoms with E-state index in [2.05, 4.69) is 26.2 Å². The van der Waals surface area contributed by atoms with Gasteiger partial charge in [0.1, 0.15) is 5.71 Å². The quantitative estimate of drug-likeness (QED) is 0.216. The number of hydrogen-bond donors (Lipinski definition) is 4. The second-order valence-corrected chi connectivity index (χ2v) is 10.3. The van der Waals surface area contributed by atoms with Gasteiger partial charge >= 0.3 is 6.18 Å². The molecule has 1 fully saturated rings. The molecule has 0 radical (unpaired) electrons. The predicted octanol–water partition coefficient (Wildman–Crippen LogP) is 4.12. The van der Waals surface area contributed by atoms with E-state index in [4.69, 9.17) is 5.73 Å². The molecule has 1 amide bonds. The summed E-state index contributed by atoms with van der Waals surface area (Å²) in [5.74, 6) is -4.94. The highest BCUT2D eigenvalue weighted by Crippen LogP contribution is 2.39. The van der Waals surface area contributed by atoms with E-state index in [0.717, 1.165) is 6.20 Å². The van der Waals surface area contributed by atoms with Gasteiger partial charge in [0.15, 0.2) is 0 Å². The fraction of sp³-hybridized carbons (Fsp3) is 0.720. The summed E-state index contributed by atoms with van der Waals surface area (Å²) in [5.41, 5.74) is 8.33. The van der Waals surface area contributed by atoms with Crippen molar-refractivity contribution in [1.82, 2.24) is 21.0 Å². The minimum absolute atomic E-state index is 0.0191. The maximum Gasteiger partial charge on any atom is 0.401 e. The Hall–Kier alpha value is -2.84. The summed E-state index contributed by atoms with van der Waals surface area (Å²) >= 11 is 0. The molecule has 0 bridgehead atoms. The number of hydrogen-bond acceptors (Lipinski definition) is 7. The number of nitrogens with one attached hydrogen (secondary N) is 3. The van der Waals surface area contributed by atoms with Gasteiger partial charge in [-0.15, -0.1) is 0 Å². The first kappa shape index (κ1) is 33.4. The monoisotopic (exact) mass is 585 g/mol. The second-order valence-electron chi connectivity index (χ2n) is 10.3. The lowest BCUT2D eigenvalue weighted by Crippen LogP contribution is -2.57. The Labute approximate surface area is 229 Å². The van der Waals surface area contributed by atoms with Gasteiger partial charge in [0.2, 0.25) is 12.3 Å². The lowest BCUT2D eigenvalue weighted by molar-refractivity contribution is -0.129. The molecule has 2 unspecified atom stereocenters. The van der Waals surface area contributed by atoms with Crippen LogP contribution in [0.3, 0.4) is 0 Å². The normalized spacial score (nSPS) is 25.8. The number of carbonyl (C=O) groups is 1. The summed E-state index contributed by atoms with van der Waals surface area (Å²) in [6.45, 7) is 2.06. The van der Waals surface area contributed by atoms with E-state index >= 15 is 0 Å². The van der Waals surface area contributed by atoms with E-state index < -0.39 is 74.3 Å². The Balaban J connectivity index is 2.50. The molecule has 3 atom stereocenters. The van der Waals surface area contributed by atoms with Crippen LogP contribution in [0.25, 0.3) is 0 Å². The van der Waals surface area contributed by atoms with Crippen molar-refractivity contribution in [2.24, 2.45) is 27.7 Å². The Morgan fingerprint density at radius 3 is 2.50 bits per heavy atom. The number of nitrogens with zero attached hydrogens (tertiary/aromatic N) is 3. The average molecular weight is 586 g/mol. The fourth-order valence-electron chi connectivity index (χ4n) is 4.83. The van der Waals surface area contributed by atoms with Gasteiger partial charge < -0.3 is 16.0 Å². The highest BCUT2D eigenvalue weighted by atomic mass is 19.4. The van der Waals surface area contributed by atoms with Crippen LogP contribution in [0.15, 0.2) is 34.3 Å². The average Bonchev–Trinajstić information content (AvgIpc) is 2.83. The molecular weight excluding hydrogens is 547 g/mol. The van der Waals surface area contributed by atoms with Crippen LogP contribution >= 0.6 is 0 Å². The van der Waals surface area contributed by atoms with Crippen LogP contribution in [0, 0.1) is 11.8 Å². The van der Waals surface area contributed by atoms with Gasteiger partial charge in [-0.05, 0) is 51.3 Å². The largest absolute Gasteiger partial charge is 0.405 e. The number of alkyl halides is 7. The van der Waals surface area contributed by atoms with Crippen LogP contribution < -0.4 is 21.8 Å². The molecule has 1 aliphatic heterocycles. The number of nitrogens with two attached hydrogens (primary N) is 1. The Kier molecular flexibility index (Phi) is 12.3. The minimum atomic E-state index is -4.60. The van der Waals surface area contributed by atoms with Crippen molar-refractivity contribution in [1.29, 1.82) is 0 Å². The van der Waals surface area contributed by atoms with E-state index in [1.165, 1.54) is 30.4 Å². The fourth-order valence-corrected chi connectivity index (χ4v) is 4.83. The summed E-state index contributed by atoms with van der Waals surface area (Å²) in [7, 11) is 1.45. The van der Waals surface area contributed by atoms with Gasteiger partial charge in [-0.25, -0.2) is 17.6 Å². The third-order valence-electron chi connectivity index (χ3n) is 6.74. The molecule has 1 saturated carbocycles. The molecule has 0 aromatic heterocycles. The summed E-state index contributed by atoms with van der Waals surface area (Å²) < 4.78 is 93.7. The minimum Gasteiger partial charge on any atom is -0.405 e. The smallest absolute Gasteiger partial charge is 0.401 e. The summed E-state index contributed by atoms with van der Waals surface area (Å²) in [6, 6.07) is -1.24. The molecule has 0 spiro atoms. The van der Waals surface area contributed by atoms with Crippen molar-refractivity contribution in [3.63, 3.8) is 0 Å². The van der Waals surface area contributed by atoms with Crippen molar-refractivity contribution in [3.8, 4) is 0 Å². The summed E-state index contributed by atoms with van der Waals surface area (Å²) in [6.07, 6.45) is -5.01. The number of likely N-dealkylation sites (N-methyl/N-ethyl adjacent to an activating group) is 1. The molecule has 1 aliphatic carbocycles. The molecule has 0 saturated heterocycles. The summed E-state index contributed by atoms with van der Waals surface area (Å²) in [5, 5.41) is 9.18. The number of aliphatic imine (C=N–C) groups is 1. The number of rotatable bonds is 11. The second kappa shape index (κ2) is 14.7. The van der Waals surface area contributed by atoms with Crippen molar-refractivity contribution >= 4 is 17.8 Å². The van der Waals surface area contributed by atoms with Gasteiger partial charge in [0.05, 0.1) is 24.4 Å². The van der Waals surface area contributed by atoms with E-state index in [1.807, 2.05) is 0 Å². The highest BCUT2D eigenvalue weighted by Gasteiger charge is 2.42. The molecule has 1 heterocycles. The molecule has 5 N–H and O–H groups in total. The first-order valence-electron chi connectivity index (χ1n) is 13.1. The highest BCUT2D eigenvalue weighted by molar-refractivity contribution is 6.43. The standard InChI is InChI=1S/C25H38F7N7O/c1-15(2)37-18(8-11-33)23(40)38-21(16-6-9-24(28,29)10-7-16)19-13-36-35-12-17(4-5-20(26)27)22(39(19)3)34-14-25(30,31)32/h8,11-13,15-17,20-22,34,36H,4-7,9-10,14,33H2,1-3H3,(H,38,40)/b11-8?,19-13-,35-12-,37-18?/t17?,21-,22?/m0/s1. The predicted molar refractivity (Wildman–Crippen MR) is 139 cm³/mol. The van der Waals surface area contributed by atoms with Crippen LogP contribution in [-0.4, -0.2) is 73.1 Å². The van der Waals surface area contributed by atoms with E-state index in [9.17, 15) is 35.5 Å². The third-order valence-corrected chi connectivity index (χ3v) is 6.74. The molecule has 0 aromatic rings. The van der Waals surface area contributed by atoms with Crippen LogP contribution in [0.4, 0.5) is 30.7 Å².